The summed E-state index contributed by atoms with van der Waals surface area (Å²) in [5.74, 6) is -0.801. The summed E-state index contributed by atoms with van der Waals surface area (Å²) in [6.07, 6.45) is 36.9. The fraction of sp³-hybridized carbons (Fsp3) is 0.907. The van der Waals surface area contributed by atoms with Crippen molar-refractivity contribution in [2.24, 2.45) is 0 Å². The van der Waals surface area contributed by atoms with Crippen LogP contribution in [0.15, 0.2) is 12.2 Å². The van der Waals surface area contributed by atoms with Crippen molar-refractivity contribution in [3.05, 3.63) is 12.2 Å². The highest BCUT2D eigenvalue weighted by atomic mass is 31.2. The Hall–Kier alpha value is -1.25. The number of phosphoric acid groups is 1. The van der Waals surface area contributed by atoms with Gasteiger partial charge in [0.25, 0.3) is 0 Å². The van der Waals surface area contributed by atoms with Gasteiger partial charge in [-0.2, -0.15) is 0 Å². The monoisotopic (exact) mass is 775 g/mol. The molecule has 0 aromatic carbocycles. The van der Waals surface area contributed by atoms with E-state index in [2.05, 4.69) is 26.0 Å². The van der Waals surface area contributed by atoms with Crippen molar-refractivity contribution < 1.29 is 42.1 Å². The van der Waals surface area contributed by atoms with E-state index >= 15 is 0 Å². The van der Waals surface area contributed by atoms with Gasteiger partial charge in [0, 0.05) is 12.8 Å². The van der Waals surface area contributed by atoms with Crippen molar-refractivity contribution in [3.8, 4) is 0 Å². The summed E-state index contributed by atoms with van der Waals surface area (Å²) in [6, 6.07) is 0. The van der Waals surface area contributed by atoms with E-state index < -0.39 is 26.5 Å². The molecule has 0 saturated heterocycles. The fourth-order valence-electron chi connectivity index (χ4n) is 6.05. The lowest BCUT2D eigenvalue weighted by Gasteiger charge is -2.24. The maximum absolute atomic E-state index is 12.6. The molecule has 1 unspecified atom stereocenters. The minimum Gasteiger partial charge on any atom is -0.462 e. The van der Waals surface area contributed by atoms with Gasteiger partial charge >= 0.3 is 19.8 Å². The predicted molar refractivity (Wildman–Crippen MR) is 220 cm³/mol. The molecular weight excluding hydrogens is 689 g/mol. The molecule has 0 radical (unpaired) electrons. The summed E-state index contributed by atoms with van der Waals surface area (Å²) in [5.41, 5.74) is 0. The normalized spacial score (nSPS) is 13.7. The Bertz CT molecular complexity index is 922. The first-order chi connectivity index (χ1) is 25.5. The van der Waals surface area contributed by atoms with Crippen molar-refractivity contribution in [3.63, 3.8) is 0 Å². The van der Waals surface area contributed by atoms with Crippen LogP contribution in [0.25, 0.3) is 0 Å². The Labute approximate surface area is 326 Å². The lowest BCUT2D eigenvalue weighted by atomic mass is 10.0. The molecule has 314 valence electrons. The highest BCUT2D eigenvalue weighted by molar-refractivity contribution is 7.47. The SMILES string of the molecule is CCCC/C=C\CCCCCCCC(=O)O[C@H](COC(=O)CCCCCCCCCCCCCCCCCCCC)COP(=O)(O)OCC[N+](C)(C)C. The number of hydrogen-bond donors (Lipinski definition) is 1. The summed E-state index contributed by atoms with van der Waals surface area (Å²) in [7, 11) is 1.48. The third kappa shape index (κ3) is 40.2. The number of rotatable bonds is 40. The van der Waals surface area contributed by atoms with Crippen LogP contribution in [0.1, 0.15) is 200 Å². The Morgan fingerprint density at radius 2 is 0.981 bits per heavy atom. The average molecular weight is 775 g/mol. The molecule has 0 aromatic rings. The number of carbonyl (C=O) groups is 2. The highest BCUT2D eigenvalue weighted by Crippen LogP contribution is 2.43. The van der Waals surface area contributed by atoms with E-state index in [1.807, 2.05) is 21.1 Å². The number of ether oxygens (including phenoxy) is 2. The number of carbonyl (C=O) groups excluding carboxylic acids is 2. The van der Waals surface area contributed by atoms with Gasteiger partial charge < -0.3 is 18.9 Å². The quantitative estimate of drug-likeness (QED) is 0.0215. The molecule has 0 spiro atoms. The Kier molecular flexibility index (Phi) is 35.5. The van der Waals surface area contributed by atoms with Crippen LogP contribution in [0, 0.1) is 0 Å². The van der Waals surface area contributed by atoms with Gasteiger partial charge in [0.1, 0.15) is 19.8 Å². The second-order valence-electron chi connectivity index (χ2n) is 16.1. The number of phosphoric ester groups is 1. The summed E-state index contributed by atoms with van der Waals surface area (Å²) >= 11 is 0. The van der Waals surface area contributed by atoms with Gasteiger partial charge in [-0.1, -0.05) is 167 Å². The molecule has 53 heavy (non-hydrogen) atoms. The molecule has 0 rings (SSSR count). The van der Waals surface area contributed by atoms with Crippen LogP contribution < -0.4 is 0 Å². The van der Waals surface area contributed by atoms with Crippen LogP contribution in [0.3, 0.4) is 0 Å². The highest BCUT2D eigenvalue weighted by Gasteiger charge is 2.27. The molecule has 1 N–H and O–H groups in total. The van der Waals surface area contributed by atoms with Gasteiger partial charge in [0.05, 0.1) is 27.7 Å². The van der Waals surface area contributed by atoms with Gasteiger partial charge in [-0.3, -0.25) is 18.6 Å². The Morgan fingerprint density at radius 1 is 0.566 bits per heavy atom. The van der Waals surface area contributed by atoms with Crippen LogP contribution >= 0.6 is 7.82 Å². The van der Waals surface area contributed by atoms with E-state index in [1.54, 1.807) is 0 Å². The van der Waals surface area contributed by atoms with Crippen molar-refractivity contribution in [1.82, 2.24) is 0 Å². The standard InChI is InChI=1S/C43H84NO8P/c1-6-8-10-12-14-16-18-19-20-21-22-23-24-26-27-29-31-33-35-42(45)49-39-41(40-51-53(47,48)50-38-37-44(3,4)5)52-43(46)36-34-32-30-28-25-17-15-13-11-9-7-2/h13,15,41H,6-12,14,16-40H2,1-5H3/p+1/b15-13-/t41-/m1/s1. The van der Waals surface area contributed by atoms with Crippen molar-refractivity contribution in [2.45, 2.75) is 206 Å². The summed E-state index contributed by atoms with van der Waals surface area (Å²) in [4.78, 5) is 35.3. The van der Waals surface area contributed by atoms with Crippen LogP contribution in [0.2, 0.25) is 0 Å². The minimum absolute atomic E-state index is 0.0330. The maximum Gasteiger partial charge on any atom is 0.472 e. The van der Waals surface area contributed by atoms with E-state index in [9.17, 15) is 19.0 Å². The summed E-state index contributed by atoms with van der Waals surface area (Å²) in [5, 5.41) is 0. The number of likely N-dealkylation sites (N-methyl/N-ethyl adjacent to an activating group) is 1. The van der Waals surface area contributed by atoms with E-state index in [1.165, 1.54) is 109 Å². The zero-order chi connectivity index (χ0) is 39.3. The molecule has 0 amide bonds. The van der Waals surface area contributed by atoms with E-state index in [-0.39, 0.29) is 25.6 Å². The van der Waals surface area contributed by atoms with Crippen LogP contribution in [0.5, 0.6) is 0 Å². The molecule has 10 heteroatoms. The molecule has 9 nitrogen and oxygen atoms in total. The van der Waals surface area contributed by atoms with Crippen LogP contribution in [-0.2, 0) is 32.7 Å². The minimum atomic E-state index is -4.37. The number of hydrogen-bond acceptors (Lipinski definition) is 7. The number of quaternary nitrogens is 1. The fourth-order valence-corrected chi connectivity index (χ4v) is 6.80. The third-order valence-electron chi connectivity index (χ3n) is 9.55. The zero-order valence-corrected chi connectivity index (χ0v) is 36.2. The number of unbranched alkanes of at least 4 members (excludes halogenated alkanes) is 24. The first-order valence-corrected chi connectivity index (χ1v) is 23.4. The van der Waals surface area contributed by atoms with Gasteiger partial charge in [0.2, 0.25) is 0 Å². The second-order valence-corrected chi connectivity index (χ2v) is 17.5. The van der Waals surface area contributed by atoms with E-state index in [4.69, 9.17) is 18.5 Å². The van der Waals surface area contributed by atoms with Gasteiger partial charge in [-0.25, -0.2) is 4.57 Å². The largest absolute Gasteiger partial charge is 0.472 e. The first-order valence-electron chi connectivity index (χ1n) is 21.9. The lowest BCUT2D eigenvalue weighted by Crippen LogP contribution is -2.37. The molecule has 0 heterocycles. The van der Waals surface area contributed by atoms with Gasteiger partial charge in [0.15, 0.2) is 6.10 Å². The molecule has 0 saturated carbocycles. The predicted octanol–water partition coefficient (Wildman–Crippen LogP) is 12.2. The van der Waals surface area contributed by atoms with E-state index in [0.717, 1.165) is 57.8 Å². The molecule has 0 bridgehead atoms. The molecule has 2 atom stereocenters. The first kappa shape index (κ1) is 51.8. The average Bonchev–Trinajstić information content (AvgIpc) is 3.10. The smallest absolute Gasteiger partial charge is 0.462 e. The van der Waals surface area contributed by atoms with Crippen LogP contribution in [0.4, 0.5) is 0 Å². The van der Waals surface area contributed by atoms with E-state index in [0.29, 0.717) is 23.9 Å². The molecule has 0 aliphatic heterocycles. The Balaban J connectivity index is 4.27. The molecule has 0 aromatic heterocycles. The molecule has 0 aliphatic carbocycles. The molecule has 0 fully saturated rings. The van der Waals surface area contributed by atoms with Crippen molar-refractivity contribution in [1.29, 1.82) is 0 Å². The third-order valence-corrected chi connectivity index (χ3v) is 10.5. The van der Waals surface area contributed by atoms with Crippen molar-refractivity contribution in [2.75, 3.05) is 47.5 Å². The Morgan fingerprint density at radius 3 is 1.45 bits per heavy atom. The van der Waals surface area contributed by atoms with Gasteiger partial charge in [-0.15, -0.1) is 0 Å². The maximum atomic E-state index is 12.6. The number of nitrogens with zero attached hydrogens (tertiary/aromatic N) is 1. The lowest BCUT2D eigenvalue weighted by molar-refractivity contribution is -0.870. The number of esters is 2. The molecule has 0 aliphatic rings. The summed E-state index contributed by atoms with van der Waals surface area (Å²) in [6.45, 7) is 4.39. The molecular formula is C43H85NO8P+. The zero-order valence-electron chi connectivity index (χ0n) is 35.3. The van der Waals surface area contributed by atoms with Crippen LogP contribution in [-0.4, -0.2) is 74.9 Å². The topological polar surface area (TPSA) is 108 Å². The van der Waals surface area contributed by atoms with Gasteiger partial charge in [-0.05, 0) is 32.1 Å². The second kappa shape index (κ2) is 36.4. The summed E-state index contributed by atoms with van der Waals surface area (Å²) < 4.78 is 34.2. The van der Waals surface area contributed by atoms with Crippen molar-refractivity contribution >= 4 is 19.8 Å². The number of allylic oxidation sites excluding steroid dienone is 2.